The summed E-state index contributed by atoms with van der Waals surface area (Å²) in [4.78, 5) is 32.4. The molecule has 9 nitrogen and oxygen atoms in total. The number of piperazine rings is 1. The van der Waals surface area contributed by atoms with E-state index >= 15 is 0 Å². The largest absolute Gasteiger partial charge is 0.369 e. The molecule has 0 bridgehead atoms. The average molecular weight is 512 g/mol. The fourth-order valence-electron chi connectivity index (χ4n) is 4.73. The number of fused-ring (bicyclic) bond motifs is 1. The number of anilines is 1. The van der Waals surface area contributed by atoms with E-state index in [1.54, 1.807) is 29.3 Å². The summed E-state index contributed by atoms with van der Waals surface area (Å²) in [7, 11) is -3.71. The van der Waals surface area contributed by atoms with Crippen molar-refractivity contribution in [3.8, 4) is 0 Å². The van der Waals surface area contributed by atoms with Crippen molar-refractivity contribution >= 4 is 38.4 Å². The van der Waals surface area contributed by atoms with Crippen molar-refractivity contribution in [3.63, 3.8) is 0 Å². The minimum atomic E-state index is -3.71. The van der Waals surface area contributed by atoms with Crippen LogP contribution in [0.2, 0.25) is 0 Å². The fraction of sp³-hybridized carbons (Fsp3) is 0.320. The van der Waals surface area contributed by atoms with Gasteiger partial charge in [-0.1, -0.05) is 12.1 Å². The topological polar surface area (TPSA) is 117 Å². The molecule has 5 rings (SSSR count). The summed E-state index contributed by atoms with van der Waals surface area (Å²) >= 11 is 0. The number of primary amides is 1. The Balaban J connectivity index is 1.17. The molecule has 36 heavy (non-hydrogen) atoms. The number of pyridine rings is 1. The summed E-state index contributed by atoms with van der Waals surface area (Å²) in [6.45, 7) is 2.57. The molecule has 2 aromatic carbocycles. The van der Waals surface area contributed by atoms with E-state index in [1.807, 2.05) is 6.07 Å². The quantitative estimate of drug-likeness (QED) is 0.534. The number of benzene rings is 2. The average Bonchev–Trinajstić information content (AvgIpc) is 2.82. The Morgan fingerprint density at radius 2 is 1.69 bits per heavy atom. The maximum absolute atomic E-state index is 13.6. The third-order valence-corrected chi connectivity index (χ3v) is 8.60. The van der Waals surface area contributed by atoms with Gasteiger partial charge in [0.05, 0.1) is 22.8 Å². The summed E-state index contributed by atoms with van der Waals surface area (Å²) in [5.74, 6) is -1.23. The molecule has 11 heteroatoms. The van der Waals surface area contributed by atoms with Crippen molar-refractivity contribution < 1.29 is 22.4 Å². The molecular weight excluding hydrogens is 485 g/mol. The van der Waals surface area contributed by atoms with E-state index in [0.29, 0.717) is 37.3 Å². The molecule has 0 spiro atoms. The van der Waals surface area contributed by atoms with Gasteiger partial charge in [-0.3, -0.25) is 14.6 Å². The summed E-state index contributed by atoms with van der Waals surface area (Å²) in [5, 5.41) is 0.862. The van der Waals surface area contributed by atoms with Crippen LogP contribution in [0.1, 0.15) is 5.56 Å². The molecule has 0 radical (unpaired) electrons. The molecule has 0 saturated carbocycles. The molecular formula is C25H26FN5O4S. The molecule has 1 aromatic heterocycles. The van der Waals surface area contributed by atoms with Gasteiger partial charge in [-0.25, -0.2) is 12.8 Å². The number of hydrogen-bond acceptors (Lipinski definition) is 6. The number of amides is 2. The Kier molecular flexibility index (Phi) is 6.35. The number of nitrogens with two attached hydrogens (primary N) is 1. The van der Waals surface area contributed by atoms with E-state index in [-0.39, 0.29) is 42.0 Å². The van der Waals surface area contributed by atoms with Crippen LogP contribution in [0, 0.1) is 11.7 Å². The van der Waals surface area contributed by atoms with Crippen LogP contribution in [0.4, 0.5) is 10.1 Å². The van der Waals surface area contributed by atoms with Crippen LogP contribution in [0.3, 0.4) is 0 Å². The van der Waals surface area contributed by atoms with Gasteiger partial charge in [-0.15, -0.1) is 0 Å². The van der Waals surface area contributed by atoms with Gasteiger partial charge in [0, 0.05) is 62.6 Å². The molecule has 2 aliphatic heterocycles. The highest BCUT2D eigenvalue weighted by Crippen LogP contribution is 2.29. The molecule has 3 heterocycles. The Bertz CT molecular complexity index is 1420. The molecule has 0 unspecified atom stereocenters. The Morgan fingerprint density at radius 1 is 1.00 bits per heavy atom. The number of halogens is 1. The Morgan fingerprint density at radius 3 is 2.36 bits per heavy atom. The lowest BCUT2D eigenvalue weighted by Gasteiger charge is -2.42. The summed E-state index contributed by atoms with van der Waals surface area (Å²) in [6, 6.07) is 12.5. The van der Waals surface area contributed by atoms with Crippen molar-refractivity contribution in [1.82, 2.24) is 14.2 Å². The standard InChI is InChI=1S/C25H26FN5O4S/c26-19-3-6-21-22(14-19)28-8-7-23(21)29-9-11-30(12-10-29)25(33)18-15-31(16-18)36(34,35)20-4-1-17(2-5-20)13-24(27)32/h1-8,14,18H,9-13,15-16H2,(H2,27,32). The minimum absolute atomic E-state index is 0.0421. The molecule has 0 atom stereocenters. The molecule has 0 aliphatic carbocycles. The summed E-state index contributed by atoms with van der Waals surface area (Å²) < 4.78 is 40.7. The number of aromatic nitrogens is 1. The third-order valence-electron chi connectivity index (χ3n) is 6.75. The Hall–Kier alpha value is -3.57. The van der Waals surface area contributed by atoms with Gasteiger partial charge in [-0.2, -0.15) is 4.31 Å². The van der Waals surface area contributed by atoms with Crippen LogP contribution >= 0.6 is 0 Å². The molecule has 2 amide bonds. The zero-order valence-corrected chi connectivity index (χ0v) is 20.3. The molecule has 3 aromatic rings. The van der Waals surface area contributed by atoms with Crippen LogP contribution in [0.5, 0.6) is 0 Å². The smallest absolute Gasteiger partial charge is 0.243 e. The van der Waals surface area contributed by atoms with Crippen LogP contribution in [0.15, 0.2) is 59.6 Å². The highest BCUT2D eigenvalue weighted by atomic mass is 32.2. The fourth-order valence-corrected chi connectivity index (χ4v) is 6.26. The Labute approximate surface area is 208 Å². The van der Waals surface area contributed by atoms with Crippen molar-refractivity contribution in [2.45, 2.75) is 11.3 Å². The van der Waals surface area contributed by atoms with E-state index in [0.717, 1.165) is 11.1 Å². The van der Waals surface area contributed by atoms with Crippen molar-refractivity contribution in [3.05, 3.63) is 66.1 Å². The van der Waals surface area contributed by atoms with Crippen LogP contribution in [-0.4, -0.2) is 73.7 Å². The lowest BCUT2D eigenvalue weighted by atomic mass is 10.0. The second-order valence-corrected chi connectivity index (χ2v) is 11.0. The zero-order chi connectivity index (χ0) is 25.4. The first-order valence-electron chi connectivity index (χ1n) is 11.7. The van der Waals surface area contributed by atoms with Crippen molar-refractivity contribution in [1.29, 1.82) is 0 Å². The van der Waals surface area contributed by atoms with Crippen LogP contribution in [-0.2, 0) is 26.0 Å². The predicted octanol–water partition coefficient (Wildman–Crippen LogP) is 1.37. The highest BCUT2D eigenvalue weighted by Gasteiger charge is 2.42. The number of carbonyl (C=O) groups excluding carboxylic acids is 2. The van der Waals surface area contributed by atoms with Gasteiger partial charge in [0.1, 0.15) is 5.82 Å². The molecule has 2 N–H and O–H groups in total. The van der Waals surface area contributed by atoms with E-state index in [9.17, 15) is 22.4 Å². The number of hydrogen-bond donors (Lipinski definition) is 1. The monoisotopic (exact) mass is 511 g/mol. The van der Waals surface area contributed by atoms with Gasteiger partial charge in [-0.05, 0) is 35.9 Å². The maximum Gasteiger partial charge on any atom is 0.243 e. The second kappa shape index (κ2) is 9.47. The molecule has 188 valence electrons. The molecule has 2 aliphatic rings. The first-order chi connectivity index (χ1) is 17.2. The maximum atomic E-state index is 13.6. The minimum Gasteiger partial charge on any atom is -0.369 e. The SMILES string of the molecule is NC(=O)Cc1ccc(S(=O)(=O)N2CC(C(=O)N3CCN(c4ccnc5cc(F)ccc45)CC3)C2)cc1. The summed E-state index contributed by atoms with van der Waals surface area (Å²) in [6.07, 6.45) is 1.70. The van der Waals surface area contributed by atoms with Crippen molar-refractivity contribution in [2.24, 2.45) is 11.7 Å². The van der Waals surface area contributed by atoms with Crippen LogP contribution < -0.4 is 10.6 Å². The predicted molar refractivity (Wildman–Crippen MR) is 132 cm³/mol. The van der Waals surface area contributed by atoms with Crippen molar-refractivity contribution in [2.75, 3.05) is 44.2 Å². The lowest BCUT2D eigenvalue weighted by Crippen LogP contribution is -2.59. The van der Waals surface area contributed by atoms with Gasteiger partial charge in [0.25, 0.3) is 0 Å². The van der Waals surface area contributed by atoms with Gasteiger partial charge >= 0.3 is 0 Å². The number of nitrogens with zero attached hydrogens (tertiary/aromatic N) is 4. The van der Waals surface area contributed by atoms with Gasteiger partial charge < -0.3 is 15.5 Å². The second-order valence-electron chi connectivity index (χ2n) is 9.11. The summed E-state index contributed by atoms with van der Waals surface area (Å²) in [5.41, 5.74) is 7.36. The van der Waals surface area contributed by atoms with E-state index in [4.69, 9.17) is 5.73 Å². The first-order valence-corrected chi connectivity index (χ1v) is 13.1. The first kappa shape index (κ1) is 24.1. The number of sulfonamides is 1. The third kappa shape index (κ3) is 4.63. The number of carbonyl (C=O) groups is 2. The number of rotatable bonds is 6. The lowest BCUT2D eigenvalue weighted by molar-refractivity contribution is -0.139. The molecule has 2 fully saturated rings. The van der Waals surface area contributed by atoms with E-state index < -0.39 is 15.9 Å². The van der Waals surface area contributed by atoms with Gasteiger partial charge in [0.15, 0.2) is 0 Å². The normalized spacial score (nSPS) is 17.2. The van der Waals surface area contributed by atoms with Gasteiger partial charge in [0.2, 0.25) is 21.8 Å². The molecule has 2 saturated heterocycles. The zero-order valence-electron chi connectivity index (χ0n) is 19.5. The van der Waals surface area contributed by atoms with E-state index in [1.165, 1.54) is 28.6 Å². The van der Waals surface area contributed by atoms with Crippen LogP contribution in [0.25, 0.3) is 10.9 Å². The highest BCUT2D eigenvalue weighted by molar-refractivity contribution is 7.89. The van der Waals surface area contributed by atoms with E-state index in [2.05, 4.69) is 9.88 Å².